The third-order valence-corrected chi connectivity index (χ3v) is 6.65. The molecule has 1 amide bonds. The van der Waals surface area contributed by atoms with Crippen molar-refractivity contribution in [2.75, 3.05) is 49.5 Å². The molecule has 2 saturated heterocycles. The largest absolute Gasteiger partial charge is 0.377 e. The van der Waals surface area contributed by atoms with Gasteiger partial charge in [-0.15, -0.1) is 0 Å². The number of nitrogens with one attached hydrogen (secondary N) is 1. The fourth-order valence-electron chi connectivity index (χ4n) is 4.51. The molecular weight excluding hydrogens is 432 g/mol. The van der Waals surface area contributed by atoms with Crippen LogP contribution in [-0.2, 0) is 10.2 Å². The van der Waals surface area contributed by atoms with Crippen LogP contribution in [0.15, 0.2) is 42.5 Å². The first-order chi connectivity index (χ1) is 16.2. The van der Waals surface area contributed by atoms with Gasteiger partial charge in [0.25, 0.3) is 11.6 Å². The number of benzene rings is 2. The quantitative estimate of drug-likeness (QED) is 0.500. The van der Waals surface area contributed by atoms with Crippen LogP contribution in [0.4, 0.5) is 17.1 Å². The first-order valence-corrected chi connectivity index (χ1v) is 12.0. The number of nitrogens with zero attached hydrogens (tertiary/aromatic N) is 3. The van der Waals surface area contributed by atoms with Gasteiger partial charge in [0.1, 0.15) is 5.69 Å². The summed E-state index contributed by atoms with van der Waals surface area (Å²) in [7, 11) is 0. The molecule has 4 rings (SSSR count). The molecule has 2 heterocycles. The van der Waals surface area contributed by atoms with Crippen LogP contribution in [0.1, 0.15) is 49.5 Å². The van der Waals surface area contributed by atoms with E-state index in [4.69, 9.17) is 4.74 Å². The summed E-state index contributed by atoms with van der Waals surface area (Å²) in [6.45, 7) is 10.3. The molecule has 0 aliphatic carbocycles. The fourth-order valence-corrected chi connectivity index (χ4v) is 4.51. The predicted molar refractivity (Wildman–Crippen MR) is 134 cm³/mol. The molecule has 2 aromatic carbocycles. The number of hydrogen-bond acceptors (Lipinski definition) is 6. The molecule has 0 aromatic heterocycles. The van der Waals surface area contributed by atoms with E-state index in [1.807, 2.05) is 35.2 Å². The third kappa shape index (κ3) is 5.50. The number of carbonyl (C=O) groups is 1. The number of nitro groups is 1. The van der Waals surface area contributed by atoms with Crippen molar-refractivity contribution in [2.24, 2.45) is 0 Å². The lowest BCUT2D eigenvalue weighted by molar-refractivity contribution is -0.383. The zero-order chi connectivity index (χ0) is 24.3. The Labute approximate surface area is 201 Å². The average molecular weight is 467 g/mol. The lowest BCUT2D eigenvalue weighted by Crippen LogP contribution is -2.48. The molecule has 182 valence electrons. The summed E-state index contributed by atoms with van der Waals surface area (Å²) in [6, 6.07) is 13.1. The van der Waals surface area contributed by atoms with E-state index in [9.17, 15) is 14.9 Å². The Bertz CT molecular complexity index is 1020. The van der Waals surface area contributed by atoms with Crippen LogP contribution in [0.2, 0.25) is 0 Å². The maximum atomic E-state index is 13.0. The molecule has 8 heteroatoms. The van der Waals surface area contributed by atoms with Gasteiger partial charge >= 0.3 is 0 Å². The molecule has 34 heavy (non-hydrogen) atoms. The zero-order valence-corrected chi connectivity index (χ0v) is 20.3. The van der Waals surface area contributed by atoms with Crippen molar-refractivity contribution >= 4 is 23.0 Å². The van der Waals surface area contributed by atoms with Crippen molar-refractivity contribution < 1.29 is 14.5 Å². The SMILES string of the molecule is CC(C)(C)c1ccc(C(=O)N2CCN(c3ccc([N+](=O)[O-])c(NCC4CCCO4)c3)CC2)cc1. The third-order valence-electron chi connectivity index (χ3n) is 6.65. The summed E-state index contributed by atoms with van der Waals surface area (Å²) < 4.78 is 5.64. The molecule has 0 spiro atoms. The van der Waals surface area contributed by atoms with Crippen LogP contribution < -0.4 is 10.2 Å². The fraction of sp³-hybridized carbons (Fsp3) is 0.500. The number of nitro benzene ring substituents is 1. The number of hydrogen-bond donors (Lipinski definition) is 1. The van der Waals surface area contributed by atoms with Crippen LogP contribution >= 0.6 is 0 Å². The van der Waals surface area contributed by atoms with Gasteiger partial charge in [-0.25, -0.2) is 0 Å². The van der Waals surface area contributed by atoms with Crippen LogP contribution in [-0.4, -0.2) is 61.2 Å². The van der Waals surface area contributed by atoms with Gasteiger partial charge in [0.15, 0.2) is 0 Å². The normalized spacial score (nSPS) is 18.7. The molecule has 2 aromatic rings. The summed E-state index contributed by atoms with van der Waals surface area (Å²) in [5.41, 5.74) is 3.45. The van der Waals surface area contributed by atoms with E-state index in [1.165, 1.54) is 5.56 Å². The van der Waals surface area contributed by atoms with Crippen molar-refractivity contribution in [1.29, 1.82) is 0 Å². The van der Waals surface area contributed by atoms with E-state index in [0.29, 0.717) is 44.0 Å². The highest BCUT2D eigenvalue weighted by Gasteiger charge is 2.25. The Morgan fingerprint density at radius 1 is 1.12 bits per heavy atom. The van der Waals surface area contributed by atoms with E-state index < -0.39 is 0 Å². The van der Waals surface area contributed by atoms with Crippen LogP contribution in [0.25, 0.3) is 0 Å². The van der Waals surface area contributed by atoms with Crippen molar-refractivity contribution in [3.05, 3.63) is 63.7 Å². The van der Waals surface area contributed by atoms with Gasteiger partial charge < -0.3 is 19.9 Å². The van der Waals surface area contributed by atoms with Crippen molar-refractivity contribution in [3.63, 3.8) is 0 Å². The van der Waals surface area contributed by atoms with E-state index in [-0.39, 0.29) is 28.0 Å². The molecule has 0 bridgehead atoms. The molecule has 0 saturated carbocycles. The molecule has 1 atom stereocenters. The second-order valence-electron chi connectivity index (χ2n) is 10.1. The topological polar surface area (TPSA) is 88.0 Å². The zero-order valence-electron chi connectivity index (χ0n) is 20.3. The minimum absolute atomic E-state index is 0.0442. The van der Waals surface area contributed by atoms with Crippen molar-refractivity contribution in [2.45, 2.75) is 45.1 Å². The molecular formula is C26H34N4O4. The summed E-state index contributed by atoms with van der Waals surface area (Å²) in [5.74, 6) is 0.0442. The maximum Gasteiger partial charge on any atom is 0.292 e. The van der Waals surface area contributed by atoms with Gasteiger partial charge in [-0.3, -0.25) is 14.9 Å². The molecule has 1 N–H and O–H groups in total. The number of carbonyl (C=O) groups excluding carboxylic acids is 1. The van der Waals surface area contributed by atoms with E-state index >= 15 is 0 Å². The smallest absolute Gasteiger partial charge is 0.292 e. The number of rotatable bonds is 6. The molecule has 8 nitrogen and oxygen atoms in total. The highest BCUT2D eigenvalue weighted by Crippen LogP contribution is 2.31. The predicted octanol–water partition coefficient (Wildman–Crippen LogP) is 4.45. The molecule has 2 aliphatic rings. The second-order valence-corrected chi connectivity index (χ2v) is 10.1. The van der Waals surface area contributed by atoms with Gasteiger partial charge in [0, 0.05) is 56.6 Å². The minimum Gasteiger partial charge on any atom is -0.377 e. The van der Waals surface area contributed by atoms with Gasteiger partial charge in [-0.2, -0.15) is 0 Å². The highest BCUT2D eigenvalue weighted by molar-refractivity contribution is 5.94. The van der Waals surface area contributed by atoms with Gasteiger partial charge in [0.2, 0.25) is 0 Å². The Morgan fingerprint density at radius 3 is 2.41 bits per heavy atom. The molecule has 2 fully saturated rings. The Balaban J connectivity index is 1.39. The average Bonchev–Trinajstić information content (AvgIpc) is 3.35. The van der Waals surface area contributed by atoms with Crippen LogP contribution in [0.3, 0.4) is 0 Å². The Hall–Kier alpha value is -3.13. The molecule has 1 unspecified atom stereocenters. The second kappa shape index (κ2) is 10.0. The molecule has 0 radical (unpaired) electrons. The number of amides is 1. The summed E-state index contributed by atoms with van der Waals surface area (Å²) in [5, 5.41) is 14.7. The Morgan fingerprint density at radius 2 is 1.82 bits per heavy atom. The van der Waals surface area contributed by atoms with Gasteiger partial charge in [0.05, 0.1) is 11.0 Å². The van der Waals surface area contributed by atoms with Crippen molar-refractivity contribution in [1.82, 2.24) is 4.90 Å². The van der Waals surface area contributed by atoms with E-state index in [2.05, 4.69) is 31.0 Å². The van der Waals surface area contributed by atoms with Gasteiger partial charge in [-0.05, 0) is 48.1 Å². The number of piperazine rings is 1. The number of anilines is 2. The van der Waals surface area contributed by atoms with E-state index in [1.54, 1.807) is 12.1 Å². The minimum atomic E-state index is -0.358. The standard InChI is InChI=1S/C26H34N4O4/c1-26(2,3)20-8-6-19(7-9-20)25(31)29-14-12-28(13-15-29)21-10-11-24(30(32)33)23(17-21)27-18-22-5-4-16-34-22/h6-11,17,22,27H,4-5,12-16,18H2,1-3H3. The van der Waals surface area contributed by atoms with Crippen LogP contribution in [0.5, 0.6) is 0 Å². The molecule has 2 aliphatic heterocycles. The first-order valence-electron chi connectivity index (χ1n) is 12.0. The summed E-state index contributed by atoms with van der Waals surface area (Å²) in [4.78, 5) is 28.2. The van der Waals surface area contributed by atoms with Crippen LogP contribution in [0, 0.1) is 10.1 Å². The van der Waals surface area contributed by atoms with Crippen molar-refractivity contribution in [3.8, 4) is 0 Å². The Kier molecular flexibility index (Phi) is 7.07. The maximum absolute atomic E-state index is 13.0. The highest BCUT2D eigenvalue weighted by atomic mass is 16.6. The lowest BCUT2D eigenvalue weighted by atomic mass is 9.86. The van der Waals surface area contributed by atoms with Gasteiger partial charge in [-0.1, -0.05) is 32.9 Å². The van der Waals surface area contributed by atoms with E-state index in [0.717, 1.165) is 25.1 Å². The summed E-state index contributed by atoms with van der Waals surface area (Å²) >= 11 is 0. The monoisotopic (exact) mass is 466 g/mol. The lowest BCUT2D eigenvalue weighted by Gasteiger charge is -2.36. The number of ether oxygens (including phenoxy) is 1. The summed E-state index contributed by atoms with van der Waals surface area (Å²) in [6.07, 6.45) is 2.09. The first kappa shape index (κ1) is 24.0.